The van der Waals surface area contributed by atoms with Gasteiger partial charge in [-0.2, -0.15) is 11.3 Å². The summed E-state index contributed by atoms with van der Waals surface area (Å²) in [6.07, 6.45) is 0. The van der Waals surface area contributed by atoms with Gasteiger partial charge in [0.25, 0.3) is 5.91 Å². The highest BCUT2D eigenvalue weighted by Crippen LogP contribution is 2.36. The minimum Gasteiger partial charge on any atom is -0.336 e. The molecule has 0 unspecified atom stereocenters. The maximum atomic E-state index is 12.6. The molecule has 2 aromatic rings. The van der Waals surface area contributed by atoms with Crippen LogP contribution in [0.5, 0.6) is 0 Å². The molecule has 0 aliphatic carbocycles. The van der Waals surface area contributed by atoms with Crippen LogP contribution in [0.4, 0.5) is 5.69 Å². The van der Waals surface area contributed by atoms with Crippen LogP contribution in [0.3, 0.4) is 0 Å². The molecule has 5 nitrogen and oxygen atoms in total. The van der Waals surface area contributed by atoms with Crippen molar-refractivity contribution < 1.29 is 9.59 Å². The second kappa shape index (κ2) is 5.45. The topological polar surface area (TPSA) is 53.5 Å². The summed E-state index contributed by atoms with van der Waals surface area (Å²) in [6, 6.07) is 7.43. The molecule has 2 atom stereocenters. The lowest BCUT2D eigenvalue weighted by Crippen LogP contribution is -2.35. The minimum absolute atomic E-state index is 0.0713. The number of carbonyl (C=O) groups excluding carboxylic acids is 2. The van der Waals surface area contributed by atoms with Gasteiger partial charge >= 0.3 is 0 Å². The Hall–Kier alpha value is -2.21. The van der Waals surface area contributed by atoms with Crippen LogP contribution in [0.15, 0.2) is 35.0 Å². The van der Waals surface area contributed by atoms with Crippen molar-refractivity contribution in [3.8, 4) is 0 Å². The first-order chi connectivity index (χ1) is 11.1. The minimum atomic E-state index is -0.0799. The zero-order valence-corrected chi connectivity index (χ0v) is 13.6. The van der Waals surface area contributed by atoms with Gasteiger partial charge in [-0.25, -0.2) is 4.98 Å². The van der Waals surface area contributed by atoms with E-state index in [-0.39, 0.29) is 23.7 Å². The number of hydrogen-bond acceptors (Lipinski definition) is 4. The van der Waals surface area contributed by atoms with Gasteiger partial charge in [0.05, 0.1) is 11.6 Å². The lowest BCUT2D eigenvalue weighted by atomic mass is 10.0. The fourth-order valence-corrected chi connectivity index (χ4v) is 4.14. The van der Waals surface area contributed by atoms with Gasteiger partial charge < -0.3 is 9.80 Å². The molecule has 0 spiro atoms. The van der Waals surface area contributed by atoms with Gasteiger partial charge in [-0.3, -0.25) is 9.59 Å². The SMILES string of the molecule is Cc1cccc(C(=O)N2C[C@H]3CN(c4ccsc4)C(=O)[C@H]3C2)n1. The summed E-state index contributed by atoms with van der Waals surface area (Å²) in [7, 11) is 0. The Morgan fingerprint density at radius 3 is 2.83 bits per heavy atom. The first-order valence-electron chi connectivity index (χ1n) is 7.70. The number of pyridine rings is 1. The number of rotatable bonds is 2. The third-order valence-electron chi connectivity index (χ3n) is 4.65. The van der Waals surface area contributed by atoms with Crippen molar-refractivity contribution in [2.45, 2.75) is 6.92 Å². The molecule has 0 N–H and O–H groups in total. The van der Waals surface area contributed by atoms with Gasteiger partial charge in [-0.15, -0.1) is 0 Å². The molecule has 0 aromatic carbocycles. The highest BCUT2D eigenvalue weighted by Gasteiger charge is 2.48. The summed E-state index contributed by atoms with van der Waals surface area (Å²) in [5.41, 5.74) is 2.27. The molecule has 0 bridgehead atoms. The summed E-state index contributed by atoms with van der Waals surface area (Å²) in [5.74, 6) is 0.207. The van der Waals surface area contributed by atoms with E-state index in [1.165, 1.54) is 0 Å². The molecule has 23 heavy (non-hydrogen) atoms. The average molecular weight is 327 g/mol. The van der Waals surface area contributed by atoms with Crippen LogP contribution in [0.2, 0.25) is 0 Å². The second-order valence-corrected chi connectivity index (χ2v) is 6.95. The predicted molar refractivity (Wildman–Crippen MR) is 88.5 cm³/mol. The van der Waals surface area contributed by atoms with E-state index in [1.54, 1.807) is 22.3 Å². The standard InChI is InChI=1S/C17H17N3O2S/c1-11-3-2-4-15(18-11)17(22)19-7-12-8-20(13-5-6-23-10-13)16(21)14(12)9-19/h2-6,10,12,14H,7-9H2,1H3/t12-,14-/m0/s1. The summed E-state index contributed by atoms with van der Waals surface area (Å²) < 4.78 is 0. The number of fused-ring (bicyclic) bond motifs is 1. The van der Waals surface area contributed by atoms with Crippen molar-refractivity contribution in [2.24, 2.45) is 11.8 Å². The number of likely N-dealkylation sites (tertiary alicyclic amines) is 1. The van der Waals surface area contributed by atoms with E-state index in [0.29, 0.717) is 25.3 Å². The molecule has 2 saturated heterocycles. The molecule has 0 saturated carbocycles. The van der Waals surface area contributed by atoms with Gasteiger partial charge in [-0.1, -0.05) is 6.07 Å². The molecule has 2 aliphatic heterocycles. The van der Waals surface area contributed by atoms with E-state index in [2.05, 4.69) is 4.98 Å². The molecule has 0 radical (unpaired) electrons. The molecular formula is C17H17N3O2S. The Labute approximate surface area is 138 Å². The van der Waals surface area contributed by atoms with Crippen molar-refractivity contribution in [3.05, 3.63) is 46.4 Å². The van der Waals surface area contributed by atoms with Gasteiger partial charge in [-0.05, 0) is 30.5 Å². The Morgan fingerprint density at radius 1 is 1.26 bits per heavy atom. The average Bonchev–Trinajstić information content (AvgIpc) is 3.24. The Morgan fingerprint density at radius 2 is 2.13 bits per heavy atom. The lowest BCUT2D eigenvalue weighted by Gasteiger charge is -2.21. The Kier molecular flexibility index (Phi) is 3.41. The van der Waals surface area contributed by atoms with E-state index < -0.39 is 0 Å². The maximum Gasteiger partial charge on any atom is 0.272 e. The zero-order valence-electron chi connectivity index (χ0n) is 12.8. The van der Waals surface area contributed by atoms with Crippen LogP contribution in [-0.2, 0) is 4.79 Å². The number of amides is 2. The number of nitrogens with zero attached hydrogens (tertiary/aromatic N) is 3. The number of aromatic nitrogens is 1. The zero-order chi connectivity index (χ0) is 16.0. The van der Waals surface area contributed by atoms with Gasteiger partial charge in [0, 0.05) is 36.6 Å². The second-order valence-electron chi connectivity index (χ2n) is 6.17. The Balaban J connectivity index is 1.49. The number of thiophene rings is 1. The van der Waals surface area contributed by atoms with Crippen LogP contribution < -0.4 is 4.90 Å². The van der Waals surface area contributed by atoms with Crippen LogP contribution in [-0.4, -0.2) is 41.3 Å². The van der Waals surface area contributed by atoms with Crippen molar-refractivity contribution in [2.75, 3.05) is 24.5 Å². The van der Waals surface area contributed by atoms with E-state index in [4.69, 9.17) is 0 Å². The predicted octanol–water partition coefficient (Wildman–Crippen LogP) is 2.19. The summed E-state index contributed by atoms with van der Waals surface area (Å²) in [6.45, 7) is 3.70. The number of anilines is 1. The number of carbonyl (C=O) groups is 2. The van der Waals surface area contributed by atoms with E-state index in [9.17, 15) is 9.59 Å². The summed E-state index contributed by atoms with van der Waals surface area (Å²) in [4.78, 5) is 33.1. The molecule has 118 valence electrons. The van der Waals surface area contributed by atoms with Crippen molar-refractivity contribution in [1.29, 1.82) is 0 Å². The van der Waals surface area contributed by atoms with Gasteiger partial charge in [0.1, 0.15) is 5.69 Å². The fourth-order valence-electron chi connectivity index (χ4n) is 3.49. The van der Waals surface area contributed by atoms with Crippen LogP contribution in [0.1, 0.15) is 16.2 Å². The monoisotopic (exact) mass is 327 g/mol. The quantitative estimate of drug-likeness (QED) is 0.849. The summed E-state index contributed by atoms with van der Waals surface area (Å²) in [5, 5.41) is 3.98. The smallest absolute Gasteiger partial charge is 0.272 e. The van der Waals surface area contributed by atoms with Crippen LogP contribution >= 0.6 is 11.3 Å². The number of aryl methyl sites for hydroxylation is 1. The maximum absolute atomic E-state index is 12.6. The highest BCUT2D eigenvalue weighted by atomic mass is 32.1. The highest BCUT2D eigenvalue weighted by molar-refractivity contribution is 7.08. The normalized spacial score (nSPS) is 23.4. The molecular weight excluding hydrogens is 310 g/mol. The van der Waals surface area contributed by atoms with Gasteiger partial charge in [0.2, 0.25) is 5.91 Å². The van der Waals surface area contributed by atoms with Crippen molar-refractivity contribution in [3.63, 3.8) is 0 Å². The van der Waals surface area contributed by atoms with E-state index in [1.807, 2.05) is 40.8 Å². The third kappa shape index (κ3) is 2.43. The third-order valence-corrected chi connectivity index (χ3v) is 5.32. The van der Waals surface area contributed by atoms with E-state index >= 15 is 0 Å². The largest absolute Gasteiger partial charge is 0.336 e. The lowest BCUT2D eigenvalue weighted by molar-refractivity contribution is -0.120. The van der Waals surface area contributed by atoms with Crippen molar-refractivity contribution >= 4 is 28.8 Å². The number of hydrogen-bond donors (Lipinski definition) is 0. The van der Waals surface area contributed by atoms with Gasteiger partial charge in [0.15, 0.2) is 0 Å². The molecule has 4 heterocycles. The van der Waals surface area contributed by atoms with E-state index in [0.717, 1.165) is 11.4 Å². The molecule has 6 heteroatoms. The fraction of sp³-hybridized carbons (Fsp3) is 0.353. The molecule has 2 aromatic heterocycles. The summed E-state index contributed by atoms with van der Waals surface area (Å²) >= 11 is 1.59. The molecule has 2 fully saturated rings. The first kappa shape index (κ1) is 14.4. The molecule has 4 rings (SSSR count). The van der Waals surface area contributed by atoms with Crippen LogP contribution in [0, 0.1) is 18.8 Å². The molecule has 2 amide bonds. The Bertz CT molecular complexity index is 759. The van der Waals surface area contributed by atoms with Crippen LogP contribution in [0.25, 0.3) is 0 Å². The van der Waals surface area contributed by atoms with Crippen molar-refractivity contribution in [1.82, 2.24) is 9.88 Å². The molecule has 2 aliphatic rings. The first-order valence-corrected chi connectivity index (χ1v) is 8.64.